The molecule has 2 heterocycles. The summed E-state index contributed by atoms with van der Waals surface area (Å²) in [5.41, 5.74) is 7.36. The standard InChI is InChI=1S/C29H28FN5/c1-19-11-12-25(30)29-28(19)24(20(2)35-29)13-14-31-26-16-27(34-18-33-26)32-17-21-7-6-10-23(15-21)22-8-4-3-5-9-22/h3-12,15-16,18,35H,13-14,17H2,1-2H3,(H2,31,32,33,34). The van der Waals surface area contributed by atoms with E-state index in [1.807, 2.05) is 32.0 Å². The number of hydrogen-bond acceptors (Lipinski definition) is 4. The molecule has 3 aromatic carbocycles. The highest BCUT2D eigenvalue weighted by atomic mass is 19.1. The largest absolute Gasteiger partial charge is 0.370 e. The second kappa shape index (κ2) is 9.97. The van der Waals surface area contributed by atoms with E-state index in [4.69, 9.17) is 0 Å². The van der Waals surface area contributed by atoms with Gasteiger partial charge in [0.1, 0.15) is 23.8 Å². The number of aryl methyl sites for hydroxylation is 2. The Labute approximate surface area is 204 Å². The van der Waals surface area contributed by atoms with Gasteiger partial charge in [0.15, 0.2) is 0 Å². The summed E-state index contributed by atoms with van der Waals surface area (Å²) < 4.78 is 14.2. The number of hydrogen-bond donors (Lipinski definition) is 3. The average Bonchev–Trinajstić information content (AvgIpc) is 3.23. The van der Waals surface area contributed by atoms with Gasteiger partial charge in [-0.15, -0.1) is 0 Å². The van der Waals surface area contributed by atoms with Gasteiger partial charge in [0.2, 0.25) is 0 Å². The normalized spacial score (nSPS) is 11.1. The first-order valence-corrected chi connectivity index (χ1v) is 11.8. The van der Waals surface area contributed by atoms with Gasteiger partial charge in [-0.25, -0.2) is 14.4 Å². The molecule has 5 aromatic rings. The zero-order chi connectivity index (χ0) is 24.2. The van der Waals surface area contributed by atoms with Crippen LogP contribution in [0, 0.1) is 19.7 Å². The van der Waals surface area contributed by atoms with Crippen molar-refractivity contribution in [2.24, 2.45) is 0 Å². The van der Waals surface area contributed by atoms with Crippen molar-refractivity contribution in [1.29, 1.82) is 0 Å². The van der Waals surface area contributed by atoms with E-state index < -0.39 is 0 Å². The van der Waals surface area contributed by atoms with Crippen LogP contribution < -0.4 is 10.6 Å². The molecular formula is C29H28FN5. The third-order valence-electron chi connectivity index (χ3n) is 6.29. The summed E-state index contributed by atoms with van der Waals surface area (Å²) in [4.78, 5) is 11.9. The highest BCUT2D eigenvalue weighted by Gasteiger charge is 2.13. The van der Waals surface area contributed by atoms with Gasteiger partial charge < -0.3 is 15.6 Å². The van der Waals surface area contributed by atoms with Gasteiger partial charge in [0.05, 0.1) is 5.52 Å². The smallest absolute Gasteiger partial charge is 0.147 e. The van der Waals surface area contributed by atoms with Gasteiger partial charge in [-0.1, -0.05) is 54.6 Å². The molecule has 0 aliphatic carbocycles. The maximum absolute atomic E-state index is 14.2. The summed E-state index contributed by atoms with van der Waals surface area (Å²) in [5.74, 6) is 1.29. The number of nitrogens with zero attached hydrogens (tertiary/aromatic N) is 2. The molecule has 2 aromatic heterocycles. The van der Waals surface area contributed by atoms with E-state index in [-0.39, 0.29) is 5.82 Å². The Morgan fingerprint density at radius 2 is 1.60 bits per heavy atom. The molecule has 0 radical (unpaired) electrons. The molecule has 0 saturated heterocycles. The number of benzene rings is 3. The van der Waals surface area contributed by atoms with E-state index >= 15 is 0 Å². The zero-order valence-electron chi connectivity index (χ0n) is 19.9. The number of rotatable bonds is 8. The predicted molar refractivity (Wildman–Crippen MR) is 141 cm³/mol. The second-order valence-corrected chi connectivity index (χ2v) is 8.73. The molecule has 0 aliphatic heterocycles. The van der Waals surface area contributed by atoms with Gasteiger partial charge in [0, 0.05) is 30.2 Å². The van der Waals surface area contributed by atoms with Crippen molar-refractivity contribution in [3.63, 3.8) is 0 Å². The molecule has 5 rings (SSSR count). The molecule has 0 spiro atoms. The van der Waals surface area contributed by atoms with Crippen molar-refractivity contribution in [3.8, 4) is 11.1 Å². The van der Waals surface area contributed by atoms with Crippen LogP contribution in [-0.2, 0) is 13.0 Å². The van der Waals surface area contributed by atoms with E-state index in [1.165, 1.54) is 22.8 Å². The number of nitrogens with one attached hydrogen (secondary N) is 3. The van der Waals surface area contributed by atoms with Gasteiger partial charge in [-0.2, -0.15) is 0 Å². The minimum absolute atomic E-state index is 0.214. The van der Waals surface area contributed by atoms with Crippen molar-refractivity contribution in [2.75, 3.05) is 17.2 Å². The highest BCUT2D eigenvalue weighted by Crippen LogP contribution is 2.28. The number of anilines is 2. The van der Waals surface area contributed by atoms with E-state index in [1.54, 1.807) is 6.33 Å². The SMILES string of the molecule is Cc1[nH]c2c(F)ccc(C)c2c1CCNc1cc(NCc2cccc(-c3ccccc3)c2)ncn1. The lowest BCUT2D eigenvalue weighted by atomic mass is 10.0. The third kappa shape index (κ3) is 5.01. The van der Waals surface area contributed by atoms with E-state index in [0.29, 0.717) is 18.6 Å². The summed E-state index contributed by atoms with van der Waals surface area (Å²) in [5, 5.41) is 7.75. The number of aromatic nitrogens is 3. The van der Waals surface area contributed by atoms with Gasteiger partial charge in [-0.05, 0) is 60.2 Å². The summed E-state index contributed by atoms with van der Waals surface area (Å²) in [6.07, 6.45) is 2.32. The van der Waals surface area contributed by atoms with E-state index in [0.717, 1.165) is 40.3 Å². The quantitative estimate of drug-likeness (QED) is 0.240. The highest BCUT2D eigenvalue weighted by molar-refractivity contribution is 5.88. The van der Waals surface area contributed by atoms with Crippen molar-refractivity contribution < 1.29 is 4.39 Å². The fourth-order valence-electron chi connectivity index (χ4n) is 4.51. The first-order valence-electron chi connectivity index (χ1n) is 11.8. The Bertz CT molecular complexity index is 1460. The van der Waals surface area contributed by atoms with Crippen LogP contribution in [0.5, 0.6) is 0 Å². The molecule has 5 nitrogen and oxygen atoms in total. The molecule has 3 N–H and O–H groups in total. The van der Waals surface area contributed by atoms with Crippen LogP contribution in [0.2, 0.25) is 0 Å². The van der Waals surface area contributed by atoms with Crippen LogP contribution in [0.4, 0.5) is 16.0 Å². The maximum atomic E-state index is 14.2. The Morgan fingerprint density at radius 3 is 2.43 bits per heavy atom. The van der Waals surface area contributed by atoms with Crippen LogP contribution in [0.15, 0.2) is 79.1 Å². The molecule has 0 atom stereocenters. The Balaban J connectivity index is 1.22. The Kier molecular flexibility index (Phi) is 6.44. The predicted octanol–water partition coefficient (Wildman–Crippen LogP) is 6.65. The third-order valence-corrected chi connectivity index (χ3v) is 6.29. The average molecular weight is 466 g/mol. The summed E-state index contributed by atoms with van der Waals surface area (Å²) >= 11 is 0. The fraction of sp³-hybridized carbons (Fsp3) is 0.172. The number of H-pyrrole nitrogens is 1. The van der Waals surface area contributed by atoms with Crippen molar-refractivity contribution >= 4 is 22.5 Å². The van der Waals surface area contributed by atoms with Crippen LogP contribution in [-0.4, -0.2) is 21.5 Å². The monoisotopic (exact) mass is 465 g/mol. The molecule has 0 saturated carbocycles. The number of aromatic amines is 1. The van der Waals surface area contributed by atoms with Crippen LogP contribution in [0.1, 0.15) is 22.4 Å². The molecular weight excluding hydrogens is 437 g/mol. The topological polar surface area (TPSA) is 65.6 Å². The maximum Gasteiger partial charge on any atom is 0.147 e. The molecule has 0 aliphatic rings. The Hall–Kier alpha value is -4.19. The minimum atomic E-state index is -0.214. The molecule has 6 heteroatoms. The lowest BCUT2D eigenvalue weighted by Gasteiger charge is -2.10. The van der Waals surface area contributed by atoms with Crippen LogP contribution in [0.3, 0.4) is 0 Å². The molecule has 0 bridgehead atoms. The first-order chi connectivity index (χ1) is 17.1. The van der Waals surface area contributed by atoms with Crippen molar-refractivity contribution in [1.82, 2.24) is 15.0 Å². The molecule has 35 heavy (non-hydrogen) atoms. The zero-order valence-corrected chi connectivity index (χ0v) is 19.9. The summed E-state index contributed by atoms with van der Waals surface area (Å²) in [6.45, 7) is 5.35. The fourth-order valence-corrected chi connectivity index (χ4v) is 4.51. The lowest BCUT2D eigenvalue weighted by Crippen LogP contribution is -2.08. The van der Waals surface area contributed by atoms with Crippen LogP contribution in [0.25, 0.3) is 22.0 Å². The number of fused-ring (bicyclic) bond motifs is 1. The van der Waals surface area contributed by atoms with E-state index in [2.05, 4.69) is 74.1 Å². The van der Waals surface area contributed by atoms with Gasteiger partial charge in [-0.3, -0.25) is 0 Å². The molecule has 0 amide bonds. The summed E-state index contributed by atoms with van der Waals surface area (Å²) in [6, 6.07) is 24.1. The van der Waals surface area contributed by atoms with E-state index in [9.17, 15) is 4.39 Å². The minimum Gasteiger partial charge on any atom is -0.370 e. The second-order valence-electron chi connectivity index (χ2n) is 8.73. The Morgan fingerprint density at radius 1 is 0.829 bits per heavy atom. The van der Waals surface area contributed by atoms with Crippen molar-refractivity contribution in [2.45, 2.75) is 26.8 Å². The van der Waals surface area contributed by atoms with Crippen LogP contribution >= 0.6 is 0 Å². The van der Waals surface area contributed by atoms with Gasteiger partial charge in [0.25, 0.3) is 0 Å². The molecule has 0 unspecified atom stereocenters. The summed E-state index contributed by atoms with van der Waals surface area (Å²) in [7, 11) is 0. The molecule has 0 fully saturated rings. The number of halogens is 1. The molecule has 176 valence electrons. The van der Waals surface area contributed by atoms with Gasteiger partial charge >= 0.3 is 0 Å². The van der Waals surface area contributed by atoms with Crippen molar-refractivity contribution in [3.05, 3.63) is 107 Å². The first kappa shape index (κ1) is 22.6. The lowest BCUT2D eigenvalue weighted by molar-refractivity contribution is 0.637.